The van der Waals surface area contributed by atoms with Crippen LogP contribution in [0.15, 0.2) is 54.7 Å². The van der Waals surface area contributed by atoms with Crippen LogP contribution in [0.25, 0.3) is 10.9 Å². The van der Waals surface area contributed by atoms with Gasteiger partial charge in [0.2, 0.25) is 29.5 Å². The van der Waals surface area contributed by atoms with E-state index in [1.165, 1.54) is 18.7 Å². The lowest BCUT2D eigenvalue weighted by Gasteiger charge is -2.30. The van der Waals surface area contributed by atoms with Gasteiger partial charge in [-0.15, -0.1) is 0 Å². The van der Waals surface area contributed by atoms with E-state index in [4.69, 9.17) is 9.47 Å². The number of amides is 6. The number of ether oxygens (including phenoxy) is 2. The summed E-state index contributed by atoms with van der Waals surface area (Å²) >= 11 is 0. The van der Waals surface area contributed by atoms with E-state index in [0.29, 0.717) is 38.2 Å². The number of aliphatic hydroxyl groups is 1. The van der Waals surface area contributed by atoms with Crippen molar-refractivity contribution < 1.29 is 43.3 Å². The highest BCUT2D eigenvalue weighted by Gasteiger charge is 2.44. The highest BCUT2D eigenvalue weighted by molar-refractivity contribution is 5.97. The Balaban J connectivity index is 1.31. The molecule has 7 rings (SSSR count). The number of H-pyrrole nitrogens is 1. The van der Waals surface area contributed by atoms with Gasteiger partial charge in [-0.1, -0.05) is 30.3 Å². The first-order chi connectivity index (χ1) is 26.5. The van der Waals surface area contributed by atoms with E-state index in [-0.39, 0.29) is 37.8 Å². The van der Waals surface area contributed by atoms with Crippen LogP contribution in [0.2, 0.25) is 0 Å². The average Bonchev–Trinajstić information content (AvgIpc) is 3.80. The minimum Gasteiger partial charge on any atom is -0.484 e. The molecule has 55 heavy (non-hydrogen) atoms. The standard InChI is InChI=1S/C39H49N7O9/c1-22-35(49)40-14-11-24-7-9-28(10-8-24)55-21-33(48)44-31(17-26-19-41-30-6-4-3-5-29(26)30)39(53)46-20-27(43-36(50)25-12-15-54-16-13-25)18-32(46)37(51)45-34(23(2)47)38(52)42-22/h3-10,19,22-23,25,27,31-32,34,41,47H,11-18,20-21H2,1-2H3,(H,40,49)(H,42,52)(H,43,50)(H,44,48)(H,45,51)/t22-,23+,27-,31+,32-,34-/m0/s1. The van der Waals surface area contributed by atoms with Crippen LogP contribution < -0.4 is 31.3 Å². The average molecular weight is 760 g/mol. The number of aromatic amines is 1. The van der Waals surface area contributed by atoms with Crippen LogP contribution in [0.4, 0.5) is 0 Å². The molecule has 4 aliphatic heterocycles. The fourth-order valence-corrected chi connectivity index (χ4v) is 7.28. The van der Waals surface area contributed by atoms with Crippen molar-refractivity contribution in [3.63, 3.8) is 0 Å². The maximum absolute atomic E-state index is 14.7. The molecular formula is C39H49N7O9. The zero-order chi connectivity index (χ0) is 39.1. The molecule has 6 amide bonds. The zero-order valence-electron chi connectivity index (χ0n) is 31.0. The molecule has 16 nitrogen and oxygen atoms in total. The molecule has 4 aliphatic rings. The summed E-state index contributed by atoms with van der Waals surface area (Å²) in [6.45, 7) is 3.53. The molecule has 0 aliphatic carbocycles. The van der Waals surface area contributed by atoms with Gasteiger partial charge in [0.15, 0.2) is 6.61 Å². The molecular weight excluding hydrogens is 710 g/mol. The molecule has 2 aromatic carbocycles. The Morgan fingerprint density at radius 2 is 1.71 bits per heavy atom. The SMILES string of the molecule is C[C@@H]1NC(=O)[C@H]([C@@H](C)O)NC(=O)[C@@H]2C[C@H](NC(=O)C3CCOCC3)CN2C(=O)[C@@H](Cc2c[nH]c3ccccc23)NC(=O)COc2ccc(cc2)CCNC1=O. The van der Waals surface area contributed by atoms with Crippen molar-refractivity contribution in [2.75, 3.05) is 32.9 Å². The van der Waals surface area contributed by atoms with Crippen molar-refractivity contribution in [2.45, 2.75) is 82.3 Å². The third-order valence-corrected chi connectivity index (χ3v) is 10.4. The molecule has 294 valence electrons. The van der Waals surface area contributed by atoms with Crippen LogP contribution >= 0.6 is 0 Å². The molecule has 6 atom stereocenters. The second kappa shape index (κ2) is 17.8. The number of rotatable bonds is 5. The molecule has 2 saturated heterocycles. The van der Waals surface area contributed by atoms with Crippen LogP contribution in [0.3, 0.4) is 0 Å². The lowest BCUT2D eigenvalue weighted by atomic mass is 9.99. The lowest BCUT2D eigenvalue weighted by Crippen LogP contribution is -2.60. The summed E-state index contributed by atoms with van der Waals surface area (Å²) in [5.41, 5.74) is 2.48. The summed E-state index contributed by atoms with van der Waals surface area (Å²) in [7, 11) is 0. The van der Waals surface area contributed by atoms with Crippen molar-refractivity contribution in [3.8, 4) is 5.75 Å². The van der Waals surface area contributed by atoms with Crippen LogP contribution in [-0.2, 0) is 46.3 Å². The van der Waals surface area contributed by atoms with Gasteiger partial charge in [-0.05, 0) is 68.9 Å². The Morgan fingerprint density at radius 3 is 2.45 bits per heavy atom. The van der Waals surface area contributed by atoms with E-state index in [0.717, 1.165) is 22.0 Å². The fraction of sp³-hybridized carbons (Fsp3) is 0.487. The number of hydrogen-bond acceptors (Lipinski definition) is 9. The van der Waals surface area contributed by atoms with Gasteiger partial charge >= 0.3 is 0 Å². The number of para-hydroxylation sites is 1. The van der Waals surface area contributed by atoms with E-state index in [1.807, 2.05) is 24.3 Å². The van der Waals surface area contributed by atoms with Gasteiger partial charge in [0.05, 0.1) is 6.10 Å². The minimum atomic E-state index is -1.48. The van der Waals surface area contributed by atoms with Gasteiger partial charge in [-0.2, -0.15) is 0 Å². The first kappa shape index (κ1) is 39.2. The van der Waals surface area contributed by atoms with Gasteiger partial charge < -0.3 is 51.0 Å². The lowest BCUT2D eigenvalue weighted by molar-refractivity contribution is -0.143. The topological polar surface area (TPSA) is 220 Å². The maximum atomic E-state index is 14.7. The predicted octanol–water partition coefficient (Wildman–Crippen LogP) is -0.171. The number of aliphatic hydroxyl groups excluding tert-OH is 1. The van der Waals surface area contributed by atoms with Crippen LogP contribution in [0.5, 0.6) is 5.75 Å². The number of carbonyl (C=O) groups is 6. The first-order valence-corrected chi connectivity index (χ1v) is 18.8. The molecule has 5 heterocycles. The summed E-state index contributed by atoms with van der Waals surface area (Å²) in [5.74, 6) is -3.25. The fourth-order valence-electron chi connectivity index (χ4n) is 7.28. The highest BCUT2D eigenvalue weighted by Crippen LogP contribution is 2.25. The van der Waals surface area contributed by atoms with Gasteiger partial charge in [0.1, 0.15) is 29.9 Å². The quantitative estimate of drug-likeness (QED) is 0.172. The van der Waals surface area contributed by atoms with E-state index >= 15 is 0 Å². The molecule has 2 bridgehead atoms. The summed E-state index contributed by atoms with van der Waals surface area (Å²) < 4.78 is 11.2. The van der Waals surface area contributed by atoms with Crippen molar-refractivity contribution in [2.24, 2.45) is 5.92 Å². The number of hydrogen-bond donors (Lipinski definition) is 7. The Morgan fingerprint density at radius 1 is 0.964 bits per heavy atom. The molecule has 16 heteroatoms. The molecule has 3 aromatic rings. The third-order valence-electron chi connectivity index (χ3n) is 10.4. The van der Waals surface area contributed by atoms with Gasteiger partial charge in [0.25, 0.3) is 5.91 Å². The number of nitrogens with zero attached hydrogens (tertiary/aromatic N) is 1. The number of benzene rings is 2. The van der Waals surface area contributed by atoms with Crippen molar-refractivity contribution >= 4 is 46.3 Å². The summed E-state index contributed by atoms with van der Waals surface area (Å²) in [4.78, 5) is 86.4. The van der Waals surface area contributed by atoms with Crippen LogP contribution in [0.1, 0.15) is 44.2 Å². The van der Waals surface area contributed by atoms with Gasteiger partial charge in [-0.3, -0.25) is 28.8 Å². The third kappa shape index (κ3) is 9.80. The number of carbonyl (C=O) groups excluding carboxylic acids is 6. The molecule has 7 N–H and O–H groups in total. The van der Waals surface area contributed by atoms with Crippen molar-refractivity contribution in [1.29, 1.82) is 0 Å². The summed E-state index contributed by atoms with van der Waals surface area (Å²) in [6.07, 6.45) is 2.01. The summed E-state index contributed by atoms with van der Waals surface area (Å²) in [6, 6.07) is 9.08. The van der Waals surface area contributed by atoms with Crippen LogP contribution in [-0.4, -0.2) is 120 Å². The van der Waals surface area contributed by atoms with Gasteiger partial charge in [-0.25, -0.2) is 0 Å². The maximum Gasteiger partial charge on any atom is 0.258 e. The van der Waals surface area contributed by atoms with Gasteiger partial charge in [0, 0.05) is 61.8 Å². The largest absolute Gasteiger partial charge is 0.484 e. The number of nitrogens with one attached hydrogen (secondary N) is 6. The zero-order valence-corrected chi connectivity index (χ0v) is 31.0. The number of aromatic nitrogens is 1. The smallest absolute Gasteiger partial charge is 0.258 e. The second-order valence-corrected chi connectivity index (χ2v) is 14.4. The molecule has 1 aromatic heterocycles. The minimum absolute atomic E-state index is 0.00630. The Kier molecular flexibility index (Phi) is 12.7. The summed E-state index contributed by atoms with van der Waals surface area (Å²) in [5, 5.41) is 25.3. The van der Waals surface area contributed by atoms with E-state index in [1.54, 1.807) is 30.5 Å². The van der Waals surface area contributed by atoms with Crippen LogP contribution in [0, 0.1) is 5.92 Å². The predicted molar refractivity (Wildman–Crippen MR) is 199 cm³/mol. The molecule has 0 spiro atoms. The normalized spacial score (nSPS) is 25.7. The molecule has 2 fully saturated rings. The monoisotopic (exact) mass is 759 g/mol. The van der Waals surface area contributed by atoms with Crippen molar-refractivity contribution in [3.05, 3.63) is 65.9 Å². The Labute approximate surface area is 318 Å². The second-order valence-electron chi connectivity index (χ2n) is 14.4. The van der Waals surface area contributed by atoms with E-state index < -0.39 is 72.5 Å². The molecule has 0 saturated carbocycles. The molecule has 0 radical (unpaired) electrons. The highest BCUT2D eigenvalue weighted by atomic mass is 16.5. The Hall–Kier alpha value is -5.48. The Bertz CT molecular complexity index is 1870. The number of fused-ring (bicyclic) bond motifs is 17. The molecule has 0 unspecified atom stereocenters. The first-order valence-electron chi connectivity index (χ1n) is 18.8. The van der Waals surface area contributed by atoms with E-state index in [9.17, 15) is 33.9 Å². The van der Waals surface area contributed by atoms with Crippen molar-refractivity contribution in [1.82, 2.24) is 36.5 Å². The van der Waals surface area contributed by atoms with E-state index in [2.05, 4.69) is 31.6 Å².